The first-order valence-electron chi connectivity index (χ1n) is 16.9. The number of hydrogen-bond acceptors (Lipinski definition) is 11. The predicted molar refractivity (Wildman–Crippen MR) is 187 cm³/mol. The number of hydrogen-bond donors (Lipinski definition) is 3. The second-order valence-corrected chi connectivity index (χ2v) is 14.4. The minimum atomic E-state index is -1.89. The summed E-state index contributed by atoms with van der Waals surface area (Å²) in [5.74, 6) is -2.24. The van der Waals surface area contributed by atoms with Crippen molar-refractivity contribution in [3.8, 4) is 5.75 Å². The number of nitrogens with zero attached hydrogens (tertiary/aromatic N) is 2. The summed E-state index contributed by atoms with van der Waals surface area (Å²) in [6.45, 7) is 10.1. The zero-order valence-electron chi connectivity index (χ0n) is 30.8. The van der Waals surface area contributed by atoms with Crippen LogP contribution in [0.2, 0.25) is 5.02 Å². The summed E-state index contributed by atoms with van der Waals surface area (Å²) < 4.78 is 28.9. The summed E-state index contributed by atoms with van der Waals surface area (Å²) in [6, 6.07) is 2.13. The molecule has 3 aliphatic rings. The number of allylic oxidation sites excluding steroid dienone is 2. The van der Waals surface area contributed by atoms with Gasteiger partial charge in [0.1, 0.15) is 46.8 Å². The van der Waals surface area contributed by atoms with Crippen molar-refractivity contribution in [1.82, 2.24) is 10.2 Å². The molecule has 2 fully saturated rings. The molecule has 4 bridgehead atoms. The Labute approximate surface area is 303 Å². The molecule has 0 spiro atoms. The Kier molecular flexibility index (Phi) is 12.2. The van der Waals surface area contributed by atoms with E-state index in [4.69, 9.17) is 35.3 Å². The Morgan fingerprint density at radius 1 is 1.20 bits per heavy atom. The van der Waals surface area contributed by atoms with Crippen molar-refractivity contribution in [2.24, 2.45) is 11.8 Å². The number of aliphatic hydroxyl groups is 2. The highest BCUT2D eigenvalue weighted by Gasteiger charge is 2.64. The predicted octanol–water partition coefficient (Wildman–Crippen LogP) is 3.66. The van der Waals surface area contributed by atoms with Gasteiger partial charge < -0.3 is 43.7 Å². The van der Waals surface area contributed by atoms with Crippen LogP contribution >= 0.6 is 11.6 Å². The first-order valence-corrected chi connectivity index (χ1v) is 17.2. The van der Waals surface area contributed by atoms with Gasteiger partial charge in [0.05, 0.1) is 25.3 Å². The standard InChI is InChI=1S/C36H50ClN3O11/c1-18(2)32(43)39(7)21(5)33(44)50-27-16-28(41)40(8)23-14-22(15-24(47-9)29(23)37)30(42)19(3)12-11-13-26(48-10)36(46)17-25(49-34(45)38-36)20(4)31-35(27,6)51-31/h11-15,18,20-21,25-27,30-31,42,46H,16-17H2,1-10H3,(H,38,45)/b13-11+,19-12?. The highest BCUT2D eigenvalue weighted by molar-refractivity contribution is 6.35. The van der Waals surface area contributed by atoms with E-state index in [-0.39, 0.29) is 41.1 Å². The average Bonchev–Trinajstić information content (AvgIpc) is 3.78. The van der Waals surface area contributed by atoms with Gasteiger partial charge in [-0.25, -0.2) is 9.59 Å². The number of rotatable bonds is 6. The molecule has 9 unspecified atom stereocenters. The number of benzene rings is 1. The Morgan fingerprint density at radius 2 is 1.86 bits per heavy atom. The van der Waals surface area contributed by atoms with Crippen molar-refractivity contribution < 1.29 is 53.1 Å². The number of methoxy groups -OCH3 is 2. The second kappa shape index (κ2) is 15.5. The quantitative estimate of drug-likeness (QED) is 0.287. The molecular weight excluding hydrogens is 686 g/mol. The fourth-order valence-electron chi connectivity index (χ4n) is 6.58. The molecule has 51 heavy (non-hydrogen) atoms. The summed E-state index contributed by atoms with van der Waals surface area (Å²) in [5.41, 5.74) is -2.04. The van der Waals surface area contributed by atoms with E-state index >= 15 is 0 Å². The minimum absolute atomic E-state index is 0.0978. The van der Waals surface area contributed by atoms with E-state index in [9.17, 15) is 29.4 Å². The monoisotopic (exact) mass is 735 g/mol. The van der Waals surface area contributed by atoms with Crippen LogP contribution in [0.5, 0.6) is 5.75 Å². The van der Waals surface area contributed by atoms with Crippen LogP contribution in [-0.2, 0) is 33.3 Å². The molecule has 282 valence electrons. The Balaban J connectivity index is 1.81. The molecule has 4 rings (SSSR count). The van der Waals surface area contributed by atoms with Crippen molar-refractivity contribution in [2.75, 3.05) is 33.2 Å². The molecule has 15 heteroatoms. The molecule has 14 nitrogen and oxygen atoms in total. The number of aliphatic hydroxyl groups excluding tert-OH is 1. The molecule has 0 aromatic heterocycles. The van der Waals surface area contributed by atoms with E-state index in [1.807, 2.05) is 0 Å². The maximum atomic E-state index is 14.1. The Morgan fingerprint density at radius 3 is 2.47 bits per heavy atom. The third-order valence-electron chi connectivity index (χ3n) is 10.2. The summed E-state index contributed by atoms with van der Waals surface area (Å²) >= 11 is 6.70. The van der Waals surface area contributed by atoms with Gasteiger partial charge >= 0.3 is 12.1 Å². The van der Waals surface area contributed by atoms with Crippen LogP contribution in [0.3, 0.4) is 0 Å². The molecule has 9 atom stereocenters. The van der Waals surface area contributed by atoms with E-state index in [2.05, 4.69) is 5.32 Å². The van der Waals surface area contributed by atoms with Crippen molar-refractivity contribution in [3.63, 3.8) is 0 Å². The summed E-state index contributed by atoms with van der Waals surface area (Å²) in [5, 5.41) is 25.6. The first-order chi connectivity index (χ1) is 23.8. The van der Waals surface area contributed by atoms with Gasteiger partial charge in [0.15, 0.2) is 5.72 Å². The molecule has 3 N–H and O–H groups in total. The van der Waals surface area contributed by atoms with E-state index < -0.39 is 71.8 Å². The number of anilines is 1. The number of epoxide rings is 1. The number of nitrogens with one attached hydrogen (secondary N) is 1. The van der Waals surface area contributed by atoms with Crippen molar-refractivity contribution in [1.29, 1.82) is 0 Å². The molecule has 1 aromatic rings. The SMILES string of the molecule is COc1cc2cc(c1Cl)N(C)C(=O)CC(OC(=O)C(C)N(C)C(=O)C(C)C)C1(C)OC1C(C)C1CC(O)(NC(=O)O1)C(OC)/C=C/C=C(C)C2O. The lowest BCUT2D eigenvalue weighted by molar-refractivity contribution is -0.162. The zero-order chi connectivity index (χ0) is 38.2. The number of esters is 1. The maximum absolute atomic E-state index is 14.1. The minimum Gasteiger partial charge on any atom is -0.495 e. The van der Waals surface area contributed by atoms with Gasteiger partial charge in [-0.15, -0.1) is 0 Å². The van der Waals surface area contributed by atoms with E-state index in [0.717, 1.165) is 0 Å². The highest BCUT2D eigenvalue weighted by Crippen LogP contribution is 2.49. The van der Waals surface area contributed by atoms with Gasteiger partial charge in [0.2, 0.25) is 11.8 Å². The smallest absolute Gasteiger partial charge is 0.409 e. The molecule has 1 aromatic carbocycles. The lowest BCUT2D eigenvalue weighted by Gasteiger charge is -2.42. The van der Waals surface area contributed by atoms with Crippen LogP contribution in [0, 0.1) is 11.8 Å². The van der Waals surface area contributed by atoms with Crippen LogP contribution in [0.4, 0.5) is 10.5 Å². The lowest BCUT2D eigenvalue weighted by Crippen LogP contribution is -2.63. The number of carbonyl (C=O) groups excluding carboxylic acids is 4. The van der Waals surface area contributed by atoms with Gasteiger partial charge in [0.25, 0.3) is 0 Å². The third-order valence-corrected chi connectivity index (χ3v) is 10.6. The molecular formula is C36H50ClN3O11. The second-order valence-electron chi connectivity index (χ2n) is 14.1. The molecule has 2 saturated heterocycles. The fourth-order valence-corrected chi connectivity index (χ4v) is 6.90. The number of amides is 3. The Bertz CT molecular complexity index is 1580. The lowest BCUT2D eigenvalue weighted by atomic mass is 9.83. The van der Waals surface area contributed by atoms with Gasteiger partial charge in [-0.2, -0.15) is 0 Å². The van der Waals surface area contributed by atoms with Crippen molar-refractivity contribution in [3.05, 3.63) is 46.5 Å². The summed E-state index contributed by atoms with van der Waals surface area (Å²) in [6.07, 6.45) is -1.50. The number of ether oxygens (including phenoxy) is 5. The Hall–Kier alpha value is -3.69. The zero-order valence-corrected chi connectivity index (χ0v) is 31.5. The summed E-state index contributed by atoms with van der Waals surface area (Å²) in [7, 11) is 5.80. The van der Waals surface area contributed by atoms with E-state index in [1.165, 1.54) is 45.0 Å². The van der Waals surface area contributed by atoms with Crippen LogP contribution in [0.1, 0.15) is 66.1 Å². The first kappa shape index (κ1) is 40.1. The molecule has 0 aliphatic carbocycles. The van der Waals surface area contributed by atoms with Gasteiger partial charge in [-0.1, -0.05) is 50.6 Å². The third kappa shape index (κ3) is 8.20. The van der Waals surface area contributed by atoms with Crippen LogP contribution in [0.15, 0.2) is 35.9 Å². The van der Waals surface area contributed by atoms with Crippen LogP contribution in [-0.4, -0.2) is 109 Å². The average molecular weight is 736 g/mol. The highest BCUT2D eigenvalue weighted by atomic mass is 35.5. The summed E-state index contributed by atoms with van der Waals surface area (Å²) in [4.78, 5) is 55.8. The van der Waals surface area contributed by atoms with Crippen molar-refractivity contribution in [2.45, 2.75) is 102 Å². The maximum Gasteiger partial charge on any atom is 0.409 e. The fraction of sp³-hybridized carbons (Fsp3) is 0.611. The number of halogens is 1. The number of alkyl carbamates (subject to hydrolysis) is 1. The number of carbonyl (C=O) groups is 4. The van der Waals surface area contributed by atoms with Gasteiger partial charge in [0, 0.05) is 39.5 Å². The molecule has 3 aliphatic heterocycles. The largest absolute Gasteiger partial charge is 0.495 e. The molecule has 0 saturated carbocycles. The van der Waals surface area contributed by atoms with E-state index in [0.29, 0.717) is 11.1 Å². The van der Waals surface area contributed by atoms with Gasteiger partial charge in [-0.3, -0.25) is 14.9 Å². The van der Waals surface area contributed by atoms with E-state index in [1.54, 1.807) is 65.0 Å². The molecule has 3 amide bonds. The number of likely N-dealkylation sites (N-methyl/N-ethyl adjacent to an activating group) is 1. The van der Waals surface area contributed by atoms with Crippen LogP contribution in [0.25, 0.3) is 0 Å². The topological polar surface area (TPSA) is 177 Å². The van der Waals surface area contributed by atoms with Crippen LogP contribution < -0.4 is 15.0 Å². The van der Waals surface area contributed by atoms with Gasteiger partial charge in [-0.05, 0) is 44.0 Å². The number of fused-ring (bicyclic) bond motifs is 5. The molecule has 3 heterocycles. The van der Waals surface area contributed by atoms with Crippen molar-refractivity contribution >= 4 is 41.2 Å². The molecule has 0 radical (unpaired) electrons. The normalized spacial score (nSPS) is 32.5.